The predicted octanol–water partition coefficient (Wildman–Crippen LogP) is 3.45. The fourth-order valence-electron chi connectivity index (χ4n) is 1.93. The van der Waals surface area contributed by atoms with Crippen LogP contribution in [0.25, 0.3) is 6.08 Å². The van der Waals surface area contributed by atoms with Crippen LogP contribution in [0.5, 0.6) is 0 Å². The van der Waals surface area contributed by atoms with E-state index in [0.717, 1.165) is 0 Å². The number of nitro groups is 1. The van der Waals surface area contributed by atoms with Crippen LogP contribution in [0, 0.1) is 10.1 Å². The summed E-state index contributed by atoms with van der Waals surface area (Å²) < 4.78 is 0. The van der Waals surface area contributed by atoms with E-state index in [1.54, 1.807) is 42.5 Å². The van der Waals surface area contributed by atoms with E-state index in [4.69, 9.17) is 0 Å². The monoisotopic (exact) mass is 310 g/mol. The minimum Gasteiger partial charge on any atom is -0.323 e. The molecule has 0 aromatic heterocycles. The number of nitrogens with zero attached hydrogens (tertiary/aromatic N) is 1. The van der Waals surface area contributed by atoms with Crippen molar-refractivity contribution in [3.8, 4) is 0 Å². The van der Waals surface area contributed by atoms with Crippen molar-refractivity contribution in [3.63, 3.8) is 0 Å². The van der Waals surface area contributed by atoms with Crippen LogP contribution < -0.4 is 5.32 Å². The summed E-state index contributed by atoms with van der Waals surface area (Å²) in [5, 5.41) is 13.5. The molecule has 6 heteroatoms. The minimum absolute atomic E-state index is 0.0563. The Labute approximate surface area is 132 Å². The molecule has 0 fully saturated rings. The van der Waals surface area contributed by atoms with Gasteiger partial charge < -0.3 is 5.32 Å². The van der Waals surface area contributed by atoms with Gasteiger partial charge in [0.15, 0.2) is 5.78 Å². The van der Waals surface area contributed by atoms with Gasteiger partial charge in [0.2, 0.25) is 5.91 Å². The number of ketones is 1. The number of rotatable bonds is 5. The van der Waals surface area contributed by atoms with E-state index in [1.165, 1.54) is 25.1 Å². The molecule has 0 radical (unpaired) electrons. The summed E-state index contributed by atoms with van der Waals surface area (Å²) in [4.78, 5) is 33.4. The van der Waals surface area contributed by atoms with Crippen molar-refractivity contribution >= 4 is 29.1 Å². The van der Waals surface area contributed by atoms with Gasteiger partial charge in [0, 0.05) is 23.4 Å². The van der Waals surface area contributed by atoms with E-state index in [0.29, 0.717) is 16.8 Å². The normalized spacial score (nSPS) is 10.5. The van der Waals surface area contributed by atoms with Crippen molar-refractivity contribution in [2.45, 2.75) is 6.92 Å². The van der Waals surface area contributed by atoms with Crippen LogP contribution in [0.1, 0.15) is 22.8 Å². The Morgan fingerprint density at radius 2 is 1.74 bits per heavy atom. The first kappa shape index (κ1) is 16.1. The molecule has 2 rings (SSSR count). The molecule has 0 atom stereocenters. The van der Waals surface area contributed by atoms with Crippen molar-refractivity contribution in [2.75, 3.05) is 5.32 Å². The van der Waals surface area contributed by atoms with Gasteiger partial charge in [-0.05, 0) is 43.3 Å². The largest absolute Gasteiger partial charge is 0.323 e. The number of nitro benzene ring substituents is 1. The number of anilines is 1. The minimum atomic E-state index is -0.502. The third-order valence-electron chi connectivity index (χ3n) is 3.11. The molecule has 23 heavy (non-hydrogen) atoms. The number of nitrogens with one attached hydrogen (secondary N) is 1. The molecule has 0 unspecified atom stereocenters. The van der Waals surface area contributed by atoms with E-state index >= 15 is 0 Å². The summed E-state index contributed by atoms with van der Waals surface area (Å²) in [6, 6.07) is 12.6. The van der Waals surface area contributed by atoms with Gasteiger partial charge >= 0.3 is 0 Å². The Morgan fingerprint density at radius 1 is 1.09 bits per heavy atom. The lowest BCUT2D eigenvalue weighted by Crippen LogP contribution is -2.08. The number of Topliss-reactive ketones (excluding diaryl/α,β-unsaturated/α-hetero) is 1. The lowest BCUT2D eigenvalue weighted by atomic mass is 10.1. The standard InChI is InChI=1S/C17H14N2O4/c1-12(20)13-6-9-15(10-7-13)18-17(21)11-8-14-4-2-3-5-16(14)19(22)23/h2-11H,1H3,(H,18,21). The molecular formula is C17H14N2O4. The third kappa shape index (κ3) is 4.34. The highest BCUT2D eigenvalue weighted by Crippen LogP contribution is 2.19. The molecule has 0 aliphatic heterocycles. The van der Waals surface area contributed by atoms with Gasteiger partial charge in [0.1, 0.15) is 0 Å². The lowest BCUT2D eigenvalue weighted by molar-refractivity contribution is -0.385. The van der Waals surface area contributed by atoms with Crippen molar-refractivity contribution in [3.05, 3.63) is 75.8 Å². The lowest BCUT2D eigenvalue weighted by Gasteiger charge is -2.03. The van der Waals surface area contributed by atoms with Crippen LogP contribution in [0.15, 0.2) is 54.6 Å². The number of para-hydroxylation sites is 1. The smallest absolute Gasteiger partial charge is 0.276 e. The summed E-state index contributed by atoms with van der Waals surface area (Å²) in [7, 11) is 0. The van der Waals surface area contributed by atoms with Crippen LogP contribution in [-0.2, 0) is 4.79 Å². The molecule has 0 bridgehead atoms. The van der Waals surface area contributed by atoms with Gasteiger partial charge in [-0.25, -0.2) is 0 Å². The Morgan fingerprint density at radius 3 is 2.35 bits per heavy atom. The summed E-state index contributed by atoms with van der Waals surface area (Å²) in [6.45, 7) is 1.46. The fraction of sp³-hybridized carbons (Fsp3) is 0.0588. The molecule has 0 aliphatic carbocycles. The highest BCUT2D eigenvalue weighted by atomic mass is 16.6. The molecular weight excluding hydrogens is 296 g/mol. The SMILES string of the molecule is CC(=O)c1ccc(NC(=O)C=Cc2ccccc2[N+](=O)[O-])cc1. The number of amides is 1. The zero-order valence-corrected chi connectivity index (χ0v) is 12.4. The van der Waals surface area contributed by atoms with Gasteiger partial charge in [0.05, 0.1) is 10.5 Å². The Kier molecular flexibility index (Phi) is 4.99. The van der Waals surface area contributed by atoms with Gasteiger partial charge in [-0.3, -0.25) is 19.7 Å². The molecule has 2 aromatic rings. The summed E-state index contributed by atoms with van der Waals surface area (Å²) >= 11 is 0. The Bertz CT molecular complexity index is 779. The van der Waals surface area contributed by atoms with Gasteiger partial charge in [-0.15, -0.1) is 0 Å². The van der Waals surface area contributed by atoms with Crippen LogP contribution in [0.2, 0.25) is 0 Å². The average Bonchev–Trinajstić information content (AvgIpc) is 2.53. The predicted molar refractivity (Wildman–Crippen MR) is 87.2 cm³/mol. The maximum absolute atomic E-state index is 11.9. The van der Waals surface area contributed by atoms with Crippen molar-refractivity contribution in [1.29, 1.82) is 0 Å². The average molecular weight is 310 g/mol. The van der Waals surface area contributed by atoms with Crippen LogP contribution in [0.3, 0.4) is 0 Å². The number of hydrogen-bond donors (Lipinski definition) is 1. The molecule has 1 N–H and O–H groups in total. The molecule has 0 spiro atoms. The fourth-order valence-corrected chi connectivity index (χ4v) is 1.93. The maximum Gasteiger partial charge on any atom is 0.276 e. The van der Waals surface area contributed by atoms with Crippen molar-refractivity contribution in [1.82, 2.24) is 0 Å². The van der Waals surface area contributed by atoms with Crippen LogP contribution >= 0.6 is 0 Å². The Hall–Kier alpha value is -3.28. The number of hydrogen-bond acceptors (Lipinski definition) is 4. The van der Waals surface area contributed by atoms with E-state index in [-0.39, 0.29) is 11.5 Å². The second kappa shape index (κ2) is 7.13. The van der Waals surface area contributed by atoms with Gasteiger partial charge in [-0.2, -0.15) is 0 Å². The number of benzene rings is 2. The molecule has 0 aliphatic rings. The molecule has 0 heterocycles. The highest BCUT2D eigenvalue weighted by molar-refractivity contribution is 6.02. The van der Waals surface area contributed by atoms with Crippen molar-refractivity contribution < 1.29 is 14.5 Å². The Balaban J connectivity index is 2.07. The quantitative estimate of drug-likeness (QED) is 0.396. The van der Waals surface area contributed by atoms with E-state index in [1.807, 2.05) is 0 Å². The summed E-state index contributed by atoms with van der Waals surface area (Å²) in [5.41, 5.74) is 1.37. The summed E-state index contributed by atoms with van der Waals surface area (Å²) in [5.74, 6) is -0.474. The maximum atomic E-state index is 11.9. The van der Waals surface area contributed by atoms with Crippen LogP contribution in [-0.4, -0.2) is 16.6 Å². The molecule has 2 aromatic carbocycles. The third-order valence-corrected chi connectivity index (χ3v) is 3.11. The van der Waals surface area contributed by atoms with E-state index in [9.17, 15) is 19.7 Å². The second-order valence-electron chi connectivity index (χ2n) is 4.77. The first-order chi connectivity index (χ1) is 11.0. The molecule has 0 saturated heterocycles. The van der Waals surface area contributed by atoms with Crippen molar-refractivity contribution in [2.24, 2.45) is 0 Å². The topological polar surface area (TPSA) is 89.3 Å². The molecule has 6 nitrogen and oxygen atoms in total. The molecule has 0 saturated carbocycles. The molecule has 1 amide bonds. The second-order valence-corrected chi connectivity index (χ2v) is 4.77. The number of carbonyl (C=O) groups is 2. The first-order valence-corrected chi connectivity index (χ1v) is 6.81. The number of carbonyl (C=O) groups excluding carboxylic acids is 2. The van der Waals surface area contributed by atoms with E-state index < -0.39 is 10.8 Å². The van der Waals surface area contributed by atoms with Gasteiger partial charge in [0.25, 0.3) is 5.69 Å². The molecule has 116 valence electrons. The highest BCUT2D eigenvalue weighted by Gasteiger charge is 2.09. The first-order valence-electron chi connectivity index (χ1n) is 6.81. The van der Waals surface area contributed by atoms with Gasteiger partial charge in [-0.1, -0.05) is 12.1 Å². The zero-order valence-electron chi connectivity index (χ0n) is 12.4. The summed E-state index contributed by atoms with van der Waals surface area (Å²) in [6.07, 6.45) is 2.61. The zero-order chi connectivity index (χ0) is 16.8. The van der Waals surface area contributed by atoms with Crippen LogP contribution in [0.4, 0.5) is 11.4 Å². The van der Waals surface area contributed by atoms with E-state index in [2.05, 4.69) is 5.32 Å².